The fraction of sp³-hybridized carbons (Fsp3) is 0.692. The van der Waals surface area contributed by atoms with Gasteiger partial charge >= 0.3 is 5.97 Å². The van der Waals surface area contributed by atoms with Crippen LogP contribution in [0.5, 0.6) is 0 Å². The van der Waals surface area contributed by atoms with Gasteiger partial charge in [0.25, 0.3) is 0 Å². The summed E-state index contributed by atoms with van der Waals surface area (Å²) in [6.07, 6.45) is 2.71. The smallest absolute Gasteiger partial charge is 0.359 e. The average molecular weight is 252 g/mol. The third-order valence-corrected chi connectivity index (χ3v) is 3.50. The SMILES string of the molecule is CCOC(=O)c1n[nH]c2c1CCC(C)(COC)C2. The summed E-state index contributed by atoms with van der Waals surface area (Å²) in [5.74, 6) is -0.328. The minimum absolute atomic E-state index is 0.125. The molecule has 1 N–H and O–H groups in total. The zero-order valence-corrected chi connectivity index (χ0v) is 11.2. The van der Waals surface area contributed by atoms with Crippen molar-refractivity contribution in [1.82, 2.24) is 10.2 Å². The molecule has 1 aliphatic rings. The number of nitrogens with one attached hydrogen (secondary N) is 1. The van der Waals surface area contributed by atoms with Gasteiger partial charge in [-0.25, -0.2) is 4.79 Å². The Hall–Kier alpha value is -1.36. The lowest BCUT2D eigenvalue weighted by atomic mass is 9.75. The first-order valence-electron chi connectivity index (χ1n) is 6.32. The molecule has 18 heavy (non-hydrogen) atoms. The van der Waals surface area contributed by atoms with Gasteiger partial charge in [-0.2, -0.15) is 5.10 Å². The lowest BCUT2D eigenvalue weighted by Gasteiger charge is -2.32. The molecule has 1 unspecified atom stereocenters. The molecular weight excluding hydrogens is 232 g/mol. The molecule has 0 saturated carbocycles. The largest absolute Gasteiger partial charge is 0.461 e. The summed E-state index contributed by atoms with van der Waals surface area (Å²) < 4.78 is 10.3. The number of methoxy groups -OCH3 is 1. The van der Waals surface area contributed by atoms with Gasteiger partial charge in [0.2, 0.25) is 0 Å². The first kappa shape index (κ1) is 13.1. The van der Waals surface area contributed by atoms with Gasteiger partial charge in [0, 0.05) is 18.4 Å². The van der Waals surface area contributed by atoms with Crippen molar-refractivity contribution in [2.45, 2.75) is 33.1 Å². The van der Waals surface area contributed by atoms with Gasteiger partial charge in [0.15, 0.2) is 5.69 Å². The van der Waals surface area contributed by atoms with Gasteiger partial charge in [-0.1, -0.05) is 6.92 Å². The van der Waals surface area contributed by atoms with Crippen molar-refractivity contribution in [2.24, 2.45) is 5.41 Å². The Morgan fingerprint density at radius 3 is 3.00 bits per heavy atom. The van der Waals surface area contributed by atoms with Crippen molar-refractivity contribution < 1.29 is 14.3 Å². The Bertz CT molecular complexity index is 441. The minimum Gasteiger partial charge on any atom is -0.461 e. The quantitative estimate of drug-likeness (QED) is 0.829. The summed E-state index contributed by atoms with van der Waals surface area (Å²) in [7, 11) is 1.72. The van der Waals surface area contributed by atoms with Crippen molar-refractivity contribution in [3.63, 3.8) is 0 Å². The molecule has 100 valence electrons. The third-order valence-electron chi connectivity index (χ3n) is 3.50. The third kappa shape index (κ3) is 2.41. The van der Waals surface area contributed by atoms with Gasteiger partial charge in [0.1, 0.15) is 0 Å². The Morgan fingerprint density at radius 2 is 2.33 bits per heavy atom. The van der Waals surface area contributed by atoms with E-state index in [4.69, 9.17) is 9.47 Å². The maximum atomic E-state index is 11.7. The van der Waals surface area contributed by atoms with Crippen LogP contribution in [-0.2, 0) is 22.3 Å². The van der Waals surface area contributed by atoms with Crippen LogP contribution in [0.3, 0.4) is 0 Å². The number of aromatic nitrogens is 2. The van der Waals surface area contributed by atoms with E-state index < -0.39 is 0 Å². The van der Waals surface area contributed by atoms with E-state index in [1.165, 1.54) is 0 Å². The number of carbonyl (C=O) groups is 1. The van der Waals surface area contributed by atoms with E-state index in [1.54, 1.807) is 14.0 Å². The maximum Gasteiger partial charge on any atom is 0.359 e. The van der Waals surface area contributed by atoms with Gasteiger partial charge in [-0.3, -0.25) is 5.10 Å². The minimum atomic E-state index is -0.328. The summed E-state index contributed by atoms with van der Waals surface area (Å²) in [5, 5.41) is 7.07. The molecule has 5 nitrogen and oxygen atoms in total. The van der Waals surface area contributed by atoms with E-state index in [0.717, 1.165) is 37.1 Å². The summed E-state index contributed by atoms with van der Waals surface area (Å²) in [6.45, 7) is 5.10. The molecule has 0 amide bonds. The molecule has 0 aliphatic heterocycles. The molecular formula is C13H20N2O3. The number of fused-ring (bicyclic) bond motifs is 1. The molecule has 0 spiro atoms. The zero-order valence-electron chi connectivity index (χ0n) is 11.2. The van der Waals surface area contributed by atoms with E-state index in [9.17, 15) is 4.79 Å². The van der Waals surface area contributed by atoms with Crippen molar-refractivity contribution in [3.8, 4) is 0 Å². The van der Waals surface area contributed by atoms with Crippen molar-refractivity contribution >= 4 is 5.97 Å². The van der Waals surface area contributed by atoms with Crippen LogP contribution >= 0.6 is 0 Å². The van der Waals surface area contributed by atoms with Gasteiger partial charge in [-0.15, -0.1) is 0 Å². The molecule has 5 heteroatoms. The van der Waals surface area contributed by atoms with E-state index in [-0.39, 0.29) is 11.4 Å². The van der Waals surface area contributed by atoms with Crippen LogP contribution in [0.25, 0.3) is 0 Å². The molecule has 1 aromatic rings. The predicted octanol–water partition coefficient (Wildman–Crippen LogP) is 1.73. The number of hydrogen-bond acceptors (Lipinski definition) is 4. The highest BCUT2D eigenvalue weighted by atomic mass is 16.5. The molecule has 1 aliphatic carbocycles. The molecule has 0 fully saturated rings. The average Bonchev–Trinajstić information content (AvgIpc) is 2.71. The molecule has 1 atom stereocenters. The van der Waals surface area contributed by atoms with Gasteiger partial charge in [0.05, 0.1) is 13.2 Å². The summed E-state index contributed by atoms with van der Waals surface area (Å²) in [4.78, 5) is 11.7. The number of hydrogen-bond donors (Lipinski definition) is 1. The Kier molecular flexibility index (Phi) is 3.71. The highest BCUT2D eigenvalue weighted by molar-refractivity contribution is 5.89. The Labute approximate surface area is 107 Å². The zero-order chi connectivity index (χ0) is 13.2. The van der Waals surface area contributed by atoms with Crippen LogP contribution < -0.4 is 0 Å². The molecule has 0 bridgehead atoms. The molecule has 1 aromatic heterocycles. The van der Waals surface area contributed by atoms with Gasteiger partial charge < -0.3 is 9.47 Å². The number of esters is 1. The Balaban J connectivity index is 2.19. The lowest BCUT2D eigenvalue weighted by Crippen LogP contribution is -2.30. The van der Waals surface area contributed by atoms with Crippen LogP contribution in [0.15, 0.2) is 0 Å². The summed E-state index contributed by atoms with van der Waals surface area (Å²) in [5.41, 5.74) is 2.64. The normalized spacial score (nSPS) is 22.6. The molecule has 0 radical (unpaired) electrons. The van der Waals surface area contributed by atoms with E-state index in [0.29, 0.717) is 12.3 Å². The van der Waals surface area contributed by atoms with E-state index >= 15 is 0 Å². The van der Waals surface area contributed by atoms with Crippen molar-refractivity contribution in [3.05, 3.63) is 17.0 Å². The number of ether oxygens (including phenoxy) is 2. The highest BCUT2D eigenvalue weighted by Gasteiger charge is 2.34. The molecule has 1 heterocycles. The fourth-order valence-electron chi connectivity index (χ4n) is 2.60. The highest BCUT2D eigenvalue weighted by Crippen LogP contribution is 2.35. The van der Waals surface area contributed by atoms with Crippen LogP contribution in [0.4, 0.5) is 0 Å². The van der Waals surface area contributed by atoms with Crippen LogP contribution in [0.2, 0.25) is 0 Å². The Morgan fingerprint density at radius 1 is 1.56 bits per heavy atom. The standard InChI is InChI=1S/C13H20N2O3/c1-4-18-12(16)11-9-5-6-13(2,8-17-3)7-10(9)14-15-11/h4-8H2,1-3H3,(H,14,15). The maximum absolute atomic E-state index is 11.7. The van der Waals surface area contributed by atoms with E-state index in [1.807, 2.05) is 0 Å². The summed E-state index contributed by atoms with van der Waals surface area (Å²) in [6, 6.07) is 0. The second-order valence-electron chi connectivity index (χ2n) is 5.17. The number of rotatable bonds is 4. The number of nitrogens with zero attached hydrogens (tertiary/aromatic N) is 1. The molecule has 0 saturated heterocycles. The first-order chi connectivity index (χ1) is 8.59. The second-order valence-corrected chi connectivity index (χ2v) is 5.17. The van der Waals surface area contributed by atoms with Crippen molar-refractivity contribution in [2.75, 3.05) is 20.3 Å². The van der Waals surface area contributed by atoms with E-state index in [2.05, 4.69) is 17.1 Å². The van der Waals surface area contributed by atoms with Crippen LogP contribution in [0.1, 0.15) is 42.0 Å². The molecule has 2 rings (SSSR count). The molecule has 0 aromatic carbocycles. The van der Waals surface area contributed by atoms with Crippen molar-refractivity contribution in [1.29, 1.82) is 0 Å². The number of carbonyl (C=O) groups excluding carboxylic acids is 1. The first-order valence-corrected chi connectivity index (χ1v) is 6.32. The number of H-pyrrole nitrogens is 1. The lowest BCUT2D eigenvalue weighted by molar-refractivity contribution is 0.0516. The predicted molar refractivity (Wildman–Crippen MR) is 66.6 cm³/mol. The number of aromatic amines is 1. The van der Waals surface area contributed by atoms with Crippen LogP contribution in [-0.4, -0.2) is 36.5 Å². The second kappa shape index (κ2) is 5.10. The monoisotopic (exact) mass is 252 g/mol. The van der Waals surface area contributed by atoms with Gasteiger partial charge in [-0.05, 0) is 31.6 Å². The fourth-order valence-corrected chi connectivity index (χ4v) is 2.60. The topological polar surface area (TPSA) is 64.2 Å². The summed E-state index contributed by atoms with van der Waals surface area (Å²) >= 11 is 0. The van der Waals surface area contributed by atoms with Crippen LogP contribution in [0, 0.1) is 5.41 Å².